The van der Waals surface area contributed by atoms with Crippen molar-refractivity contribution in [3.63, 3.8) is 0 Å². The third kappa shape index (κ3) is 4.79. The second kappa shape index (κ2) is 10.1. The Bertz CT molecular complexity index is 1460. The zero-order chi connectivity index (χ0) is 24.2. The van der Waals surface area contributed by atoms with Crippen LogP contribution in [0.15, 0.2) is 84.1 Å². The molecule has 0 bridgehead atoms. The Kier molecular flexibility index (Phi) is 6.54. The molecule has 0 radical (unpaired) electrons. The third-order valence-corrected chi connectivity index (χ3v) is 6.70. The number of aryl methyl sites for hydroxylation is 1. The SMILES string of the molecule is CCc1ccc(NC(=O)CSc2nnc(-c3c[nH]c4ccccc34)n2-c2ccc(OC)cc2)cc1. The summed E-state index contributed by atoms with van der Waals surface area (Å²) in [6, 6.07) is 23.7. The van der Waals surface area contributed by atoms with Crippen LogP contribution in [0.25, 0.3) is 28.0 Å². The lowest BCUT2D eigenvalue weighted by Gasteiger charge is -2.11. The number of nitrogens with zero attached hydrogens (tertiary/aromatic N) is 3. The van der Waals surface area contributed by atoms with Gasteiger partial charge < -0.3 is 15.0 Å². The van der Waals surface area contributed by atoms with Crippen molar-refractivity contribution in [3.8, 4) is 22.8 Å². The van der Waals surface area contributed by atoms with Crippen LogP contribution >= 0.6 is 11.8 Å². The first kappa shape index (κ1) is 22.7. The number of hydrogen-bond acceptors (Lipinski definition) is 5. The van der Waals surface area contributed by atoms with Gasteiger partial charge in [0.05, 0.1) is 12.9 Å². The van der Waals surface area contributed by atoms with Gasteiger partial charge in [-0.3, -0.25) is 9.36 Å². The Labute approximate surface area is 207 Å². The third-order valence-electron chi connectivity index (χ3n) is 5.77. The van der Waals surface area contributed by atoms with Gasteiger partial charge in [0.15, 0.2) is 11.0 Å². The highest BCUT2D eigenvalue weighted by Gasteiger charge is 2.20. The minimum absolute atomic E-state index is 0.0998. The summed E-state index contributed by atoms with van der Waals surface area (Å²) < 4.78 is 7.30. The number of ether oxygens (including phenoxy) is 1. The molecule has 0 saturated carbocycles. The van der Waals surface area contributed by atoms with Crippen LogP contribution in [-0.2, 0) is 11.2 Å². The van der Waals surface area contributed by atoms with Gasteiger partial charge in [-0.2, -0.15) is 0 Å². The lowest BCUT2D eigenvalue weighted by Crippen LogP contribution is -2.14. The van der Waals surface area contributed by atoms with E-state index < -0.39 is 0 Å². The summed E-state index contributed by atoms with van der Waals surface area (Å²) in [5, 5.41) is 13.6. The van der Waals surface area contributed by atoms with E-state index in [0.29, 0.717) is 11.0 Å². The van der Waals surface area contributed by atoms with E-state index in [0.717, 1.165) is 40.0 Å². The molecule has 5 rings (SSSR count). The molecular formula is C27H25N5O2S. The van der Waals surface area contributed by atoms with E-state index in [-0.39, 0.29) is 11.7 Å². The van der Waals surface area contributed by atoms with E-state index in [1.54, 1.807) is 7.11 Å². The Hall–Kier alpha value is -4.04. The van der Waals surface area contributed by atoms with Crippen LogP contribution in [0.1, 0.15) is 12.5 Å². The van der Waals surface area contributed by atoms with Gasteiger partial charge in [0.1, 0.15) is 5.75 Å². The fraction of sp³-hybridized carbons (Fsp3) is 0.148. The number of thioether (sulfide) groups is 1. The molecule has 0 aliphatic heterocycles. The van der Waals surface area contributed by atoms with Crippen molar-refractivity contribution in [1.82, 2.24) is 19.7 Å². The van der Waals surface area contributed by atoms with Gasteiger partial charge in [-0.15, -0.1) is 10.2 Å². The molecule has 0 aliphatic rings. The van der Waals surface area contributed by atoms with Crippen molar-refractivity contribution in [2.45, 2.75) is 18.5 Å². The number of nitrogens with one attached hydrogen (secondary N) is 2. The molecule has 5 aromatic rings. The minimum atomic E-state index is -0.0998. The van der Waals surface area contributed by atoms with E-state index in [9.17, 15) is 4.79 Å². The van der Waals surface area contributed by atoms with Crippen molar-refractivity contribution in [2.75, 3.05) is 18.2 Å². The minimum Gasteiger partial charge on any atom is -0.497 e. The van der Waals surface area contributed by atoms with Crippen LogP contribution in [-0.4, -0.2) is 38.5 Å². The molecule has 0 atom stereocenters. The molecule has 0 fully saturated rings. The molecular weight excluding hydrogens is 458 g/mol. The van der Waals surface area contributed by atoms with Crippen molar-refractivity contribution in [3.05, 3.63) is 84.6 Å². The van der Waals surface area contributed by atoms with E-state index in [1.807, 2.05) is 77.5 Å². The number of carbonyl (C=O) groups is 1. The fourth-order valence-electron chi connectivity index (χ4n) is 3.91. The van der Waals surface area contributed by atoms with Crippen LogP contribution < -0.4 is 10.1 Å². The Balaban J connectivity index is 1.44. The smallest absolute Gasteiger partial charge is 0.234 e. The lowest BCUT2D eigenvalue weighted by molar-refractivity contribution is -0.113. The van der Waals surface area contributed by atoms with Crippen molar-refractivity contribution in [1.29, 1.82) is 0 Å². The average molecular weight is 484 g/mol. The summed E-state index contributed by atoms with van der Waals surface area (Å²) in [5.41, 5.74) is 4.86. The molecule has 8 heteroatoms. The molecule has 0 aliphatic carbocycles. The number of H-pyrrole nitrogens is 1. The van der Waals surface area contributed by atoms with Crippen molar-refractivity contribution < 1.29 is 9.53 Å². The van der Waals surface area contributed by atoms with Crippen molar-refractivity contribution >= 4 is 34.3 Å². The summed E-state index contributed by atoms with van der Waals surface area (Å²) in [6.45, 7) is 2.10. The summed E-state index contributed by atoms with van der Waals surface area (Å²) in [4.78, 5) is 16.0. The second-order valence-electron chi connectivity index (χ2n) is 7.97. The van der Waals surface area contributed by atoms with Gasteiger partial charge in [0.2, 0.25) is 5.91 Å². The maximum absolute atomic E-state index is 12.7. The molecule has 3 aromatic carbocycles. The highest BCUT2D eigenvalue weighted by Crippen LogP contribution is 2.33. The number of fused-ring (bicyclic) bond motifs is 1. The van der Waals surface area contributed by atoms with Crippen molar-refractivity contribution in [2.24, 2.45) is 0 Å². The van der Waals surface area contributed by atoms with E-state index >= 15 is 0 Å². The standard InChI is InChI=1S/C27H25N5O2S/c1-3-18-8-10-19(11-9-18)29-25(33)17-35-27-31-30-26(23-16-28-24-7-5-4-6-22(23)24)32(27)20-12-14-21(34-2)15-13-20/h4-16,28H,3,17H2,1-2H3,(H,29,33). The highest BCUT2D eigenvalue weighted by molar-refractivity contribution is 7.99. The maximum Gasteiger partial charge on any atom is 0.234 e. The topological polar surface area (TPSA) is 84.8 Å². The number of hydrogen-bond donors (Lipinski definition) is 2. The predicted molar refractivity (Wildman–Crippen MR) is 140 cm³/mol. The largest absolute Gasteiger partial charge is 0.497 e. The highest BCUT2D eigenvalue weighted by atomic mass is 32.2. The molecule has 0 spiro atoms. The van der Waals surface area contributed by atoms with Gasteiger partial charge >= 0.3 is 0 Å². The van der Waals surface area contributed by atoms with Gasteiger partial charge in [-0.1, -0.05) is 49.0 Å². The number of rotatable bonds is 8. The predicted octanol–water partition coefficient (Wildman–Crippen LogP) is 5.72. The molecule has 35 heavy (non-hydrogen) atoms. The van der Waals surface area contributed by atoms with E-state index in [4.69, 9.17) is 4.74 Å². The summed E-state index contributed by atoms with van der Waals surface area (Å²) in [6.07, 6.45) is 2.90. The number of aromatic nitrogens is 4. The zero-order valence-corrected chi connectivity index (χ0v) is 20.3. The van der Waals surface area contributed by atoms with Gasteiger partial charge in [-0.25, -0.2) is 0 Å². The number of benzene rings is 3. The quantitative estimate of drug-likeness (QED) is 0.276. The molecule has 2 heterocycles. The van der Waals surface area contributed by atoms with Crippen LogP contribution in [0.2, 0.25) is 0 Å². The molecule has 0 unspecified atom stereocenters. The number of aromatic amines is 1. The summed E-state index contributed by atoms with van der Waals surface area (Å²) in [5.74, 6) is 1.57. The Morgan fingerprint density at radius 3 is 2.54 bits per heavy atom. The first-order valence-electron chi connectivity index (χ1n) is 11.3. The van der Waals surface area contributed by atoms with Crippen LogP contribution in [0, 0.1) is 0 Å². The monoisotopic (exact) mass is 483 g/mol. The fourth-order valence-corrected chi connectivity index (χ4v) is 4.66. The number of methoxy groups -OCH3 is 1. The number of anilines is 1. The van der Waals surface area contributed by atoms with Gasteiger partial charge in [0.25, 0.3) is 0 Å². The maximum atomic E-state index is 12.7. The van der Waals surface area contributed by atoms with Crippen LogP contribution in [0.5, 0.6) is 5.75 Å². The van der Waals surface area contributed by atoms with E-state index in [2.05, 4.69) is 33.5 Å². The van der Waals surface area contributed by atoms with Gasteiger partial charge in [-0.05, 0) is 54.4 Å². The molecule has 2 N–H and O–H groups in total. The zero-order valence-electron chi connectivity index (χ0n) is 19.5. The van der Waals surface area contributed by atoms with Crippen LogP contribution in [0.4, 0.5) is 5.69 Å². The molecule has 176 valence electrons. The first-order valence-corrected chi connectivity index (χ1v) is 12.3. The lowest BCUT2D eigenvalue weighted by atomic mass is 10.1. The number of para-hydroxylation sites is 1. The Morgan fingerprint density at radius 1 is 1.03 bits per heavy atom. The normalized spacial score (nSPS) is 11.0. The molecule has 2 aromatic heterocycles. The number of carbonyl (C=O) groups excluding carboxylic acids is 1. The number of amides is 1. The van der Waals surface area contributed by atoms with E-state index in [1.165, 1.54) is 17.3 Å². The summed E-state index contributed by atoms with van der Waals surface area (Å²) >= 11 is 1.35. The molecule has 7 nitrogen and oxygen atoms in total. The van der Waals surface area contributed by atoms with Gasteiger partial charge in [0, 0.05) is 34.0 Å². The van der Waals surface area contributed by atoms with Crippen LogP contribution in [0.3, 0.4) is 0 Å². The molecule has 1 amide bonds. The Morgan fingerprint density at radius 2 is 1.80 bits per heavy atom. The second-order valence-corrected chi connectivity index (χ2v) is 8.92. The summed E-state index contributed by atoms with van der Waals surface area (Å²) in [7, 11) is 1.64. The first-order chi connectivity index (χ1) is 17.2. The average Bonchev–Trinajstić information content (AvgIpc) is 3.52. The molecule has 0 saturated heterocycles.